The average Bonchev–Trinajstić information content (AvgIpc) is 2.64. The number of nitrogens with one attached hydrogen (secondary N) is 1. The van der Waals surface area contributed by atoms with E-state index in [1.807, 2.05) is 14.0 Å². The second-order valence-electron chi connectivity index (χ2n) is 6.89. The van der Waals surface area contributed by atoms with Gasteiger partial charge in [-0.3, -0.25) is 4.99 Å². The topological polar surface area (TPSA) is 60.4 Å². The molecule has 8 heteroatoms. The molecule has 0 spiro atoms. The summed E-state index contributed by atoms with van der Waals surface area (Å²) in [6, 6.07) is 0. The maximum atomic E-state index is 11.8. The third-order valence-electron chi connectivity index (χ3n) is 5.11. The smallest absolute Gasteiger partial charge is 0.409 e. The number of carbonyl (C=O) groups excluding carboxylic acids is 1. The molecule has 0 unspecified atom stereocenters. The molecule has 0 aromatic carbocycles. The van der Waals surface area contributed by atoms with Gasteiger partial charge in [0, 0.05) is 39.8 Å². The Hall–Kier alpha value is -0.770. The molecule has 2 heterocycles. The van der Waals surface area contributed by atoms with Gasteiger partial charge < -0.3 is 24.8 Å². The molecule has 0 bridgehead atoms. The molecule has 1 N–H and O–H groups in total. The van der Waals surface area contributed by atoms with Crippen LogP contribution in [0.1, 0.15) is 33.1 Å². The first-order valence-electron chi connectivity index (χ1n) is 9.77. The number of ether oxygens (including phenoxy) is 1. The third-order valence-corrected chi connectivity index (χ3v) is 5.11. The molecule has 0 aromatic rings. The van der Waals surface area contributed by atoms with Crippen LogP contribution >= 0.6 is 24.0 Å². The third kappa shape index (κ3) is 7.09. The van der Waals surface area contributed by atoms with Crippen LogP contribution in [0.25, 0.3) is 0 Å². The van der Waals surface area contributed by atoms with Gasteiger partial charge in [0.05, 0.1) is 6.61 Å². The van der Waals surface area contributed by atoms with Crippen LogP contribution in [0, 0.1) is 5.92 Å². The van der Waals surface area contributed by atoms with Gasteiger partial charge in [0.1, 0.15) is 0 Å². The largest absolute Gasteiger partial charge is 0.450 e. The van der Waals surface area contributed by atoms with Gasteiger partial charge in [-0.2, -0.15) is 0 Å². The van der Waals surface area contributed by atoms with Gasteiger partial charge in [0.2, 0.25) is 0 Å². The van der Waals surface area contributed by atoms with Gasteiger partial charge in [-0.05, 0) is 51.7 Å². The molecule has 0 saturated carbocycles. The van der Waals surface area contributed by atoms with E-state index in [0.29, 0.717) is 19.7 Å². The molecule has 0 aromatic heterocycles. The van der Waals surface area contributed by atoms with Gasteiger partial charge in [-0.1, -0.05) is 6.92 Å². The fourth-order valence-corrected chi connectivity index (χ4v) is 3.61. The van der Waals surface area contributed by atoms with Crippen LogP contribution in [0.2, 0.25) is 0 Å². The summed E-state index contributed by atoms with van der Waals surface area (Å²) in [6.07, 6.45) is 3.57. The van der Waals surface area contributed by atoms with E-state index in [1.54, 1.807) is 4.90 Å². The molecule has 2 aliphatic rings. The summed E-state index contributed by atoms with van der Waals surface area (Å²) >= 11 is 0. The number of guanidine groups is 1. The number of piperazine rings is 1. The Morgan fingerprint density at radius 1 is 1.08 bits per heavy atom. The number of halogens is 1. The monoisotopic (exact) mass is 481 g/mol. The number of hydrogen-bond donors (Lipinski definition) is 1. The SMILES string of the molecule is CCCN1CCC(CNC(=NC)N2CCN(C(=O)OCC)CC2)CC1.I. The Kier molecular flexibility index (Phi) is 11.3. The molecule has 7 nitrogen and oxygen atoms in total. The highest BCUT2D eigenvalue weighted by Crippen LogP contribution is 2.16. The highest BCUT2D eigenvalue weighted by molar-refractivity contribution is 14.0. The van der Waals surface area contributed by atoms with Crippen molar-refractivity contribution in [2.75, 3.05) is 66.0 Å². The van der Waals surface area contributed by atoms with Crippen molar-refractivity contribution in [3.05, 3.63) is 0 Å². The van der Waals surface area contributed by atoms with Gasteiger partial charge in [0.25, 0.3) is 0 Å². The van der Waals surface area contributed by atoms with Gasteiger partial charge in [-0.15, -0.1) is 24.0 Å². The van der Waals surface area contributed by atoms with E-state index in [1.165, 1.54) is 38.9 Å². The fraction of sp³-hybridized carbons (Fsp3) is 0.889. The maximum Gasteiger partial charge on any atom is 0.409 e. The van der Waals surface area contributed by atoms with Crippen LogP contribution in [0.3, 0.4) is 0 Å². The first-order chi connectivity index (χ1) is 12.2. The van der Waals surface area contributed by atoms with Crippen molar-refractivity contribution in [2.24, 2.45) is 10.9 Å². The summed E-state index contributed by atoms with van der Waals surface area (Å²) in [6.45, 7) is 12.2. The number of nitrogens with zero attached hydrogens (tertiary/aromatic N) is 4. The van der Waals surface area contributed by atoms with E-state index in [9.17, 15) is 4.79 Å². The number of amides is 1. The van der Waals surface area contributed by atoms with Crippen molar-refractivity contribution >= 4 is 36.0 Å². The first-order valence-corrected chi connectivity index (χ1v) is 9.77. The summed E-state index contributed by atoms with van der Waals surface area (Å²) in [5, 5.41) is 3.55. The molecular formula is C18H36IN5O2. The molecule has 152 valence electrons. The van der Waals surface area contributed by atoms with E-state index in [0.717, 1.165) is 31.5 Å². The van der Waals surface area contributed by atoms with Crippen LogP contribution in [0.5, 0.6) is 0 Å². The zero-order chi connectivity index (χ0) is 18.1. The molecule has 2 fully saturated rings. The first kappa shape index (κ1) is 23.3. The van der Waals surface area contributed by atoms with E-state index >= 15 is 0 Å². The number of likely N-dealkylation sites (tertiary alicyclic amines) is 1. The van der Waals surface area contributed by atoms with Crippen LogP contribution in [0.4, 0.5) is 4.79 Å². The number of rotatable bonds is 5. The number of aliphatic imine (C=N–C) groups is 1. The number of hydrogen-bond acceptors (Lipinski definition) is 4. The Morgan fingerprint density at radius 2 is 1.69 bits per heavy atom. The second-order valence-corrected chi connectivity index (χ2v) is 6.89. The minimum Gasteiger partial charge on any atom is -0.450 e. The van der Waals surface area contributed by atoms with Gasteiger partial charge in [-0.25, -0.2) is 4.79 Å². The van der Waals surface area contributed by atoms with Crippen LogP contribution in [-0.2, 0) is 4.74 Å². The zero-order valence-corrected chi connectivity index (χ0v) is 18.9. The Bertz CT molecular complexity index is 433. The van der Waals surface area contributed by atoms with Gasteiger partial charge in [0.15, 0.2) is 5.96 Å². The van der Waals surface area contributed by atoms with Crippen LogP contribution in [-0.4, -0.2) is 92.8 Å². The number of carbonyl (C=O) groups is 1. The van der Waals surface area contributed by atoms with Crippen LogP contribution in [0.15, 0.2) is 4.99 Å². The molecule has 0 atom stereocenters. The van der Waals surface area contributed by atoms with Crippen molar-refractivity contribution in [1.82, 2.24) is 20.0 Å². The lowest BCUT2D eigenvalue weighted by Crippen LogP contribution is -2.54. The predicted molar refractivity (Wildman–Crippen MR) is 116 cm³/mol. The minimum absolute atomic E-state index is 0. The van der Waals surface area contributed by atoms with E-state index in [2.05, 4.69) is 27.0 Å². The Morgan fingerprint density at radius 3 is 2.23 bits per heavy atom. The summed E-state index contributed by atoms with van der Waals surface area (Å²) in [5.41, 5.74) is 0. The molecule has 2 rings (SSSR count). The van der Waals surface area contributed by atoms with E-state index < -0.39 is 0 Å². The van der Waals surface area contributed by atoms with Crippen molar-refractivity contribution in [3.63, 3.8) is 0 Å². The quantitative estimate of drug-likeness (QED) is 0.370. The molecule has 2 saturated heterocycles. The molecule has 0 aliphatic carbocycles. The normalized spacial score (nSPS) is 19.9. The summed E-state index contributed by atoms with van der Waals surface area (Å²) in [7, 11) is 1.84. The highest BCUT2D eigenvalue weighted by Gasteiger charge is 2.24. The fourth-order valence-electron chi connectivity index (χ4n) is 3.61. The van der Waals surface area contributed by atoms with Crippen molar-refractivity contribution in [2.45, 2.75) is 33.1 Å². The summed E-state index contributed by atoms with van der Waals surface area (Å²) in [5.74, 6) is 1.69. The summed E-state index contributed by atoms with van der Waals surface area (Å²) in [4.78, 5) is 22.8. The Labute approximate surface area is 175 Å². The lowest BCUT2D eigenvalue weighted by atomic mass is 9.97. The van der Waals surface area contributed by atoms with Crippen molar-refractivity contribution in [3.8, 4) is 0 Å². The number of piperidine rings is 1. The Balaban J connectivity index is 0.00000338. The molecule has 1 amide bonds. The lowest BCUT2D eigenvalue weighted by Gasteiger charge is -2.37. The highest BCUT2D eigenvalue weighted by atomic mass is 127. The van der Waals surface area contributed by atoms with E-state index in [4.69, 9.17) is 4.74 Å². The average molecular weight is 481 g/mol. The second kappa shape index (κ2) is 12.6. The minimum atomic E-state index is -0.205. The van der Waals surface area contributed by atoms with Crippen molar-refractivity contribution in [1.29, 1.82) is 0 Å². The molecular weight excluding hydrogens is 445 g/mol. The lowest BCUT2D eigenvalue weighted by molar-refractivity contribution is 0.0913. The molecule has 2 aliphatic heterocycles. The zero-order valence-electron chi connectivity index (χ0n) is 16.6. The van der Waals surface area contributed by atoms with Crippen molar-refractivity contribution < 1.29 is 9.53 Å². The predicted octanol–water partition coefficient (Wildman–Crippen LogP) is 2.08. The molecule has 26 heavy (non-hydrogen) atoms. The molecule has 0 radical (unpaired) electrons. The maximum absolute atomic E-state index is 11.8. The van der Waals surface area contributed by atoms with Crippen LogP contribution < -0.4 is 5.32 Å². The van der Waals surface area contributed by atoms with E-state index in [-0.39, 0.29) is 30.1 Å². The standard InChI is InChI=1S/C18H35N5O2.HI/c1-4-8-21-9-6-16(7-10-21)15-20-17(19-3)22-11-13-23(14-12-22)18(24)25-5-2;/h16H,4-15H2,1-3H3,(H,19,20);1H. The summed E-state index contributed by atoms with van der Waals surface area (Å²) < 4.78 is 5.07. The van der Waals surface area contributed by atoms with Gasteiger partial charge >= 0.3 is 6.09 Å².